The molecule has 1 aliphatic rings. The van der Waals surface area contributed by atoms with Gasteiger partial charge < -0.3 is 15.4 Å². The van der Waals surface area contributed by atoms with Gasteiger partial charge in [-0.25, -0.2) is 9.07 Å². The van der Waals surface area contributed by atoms with Crippen LogP contribution in [-0.2, 0) is 16.6 Å². The van der Waals surface area contributed by atoms with Crippen LogP contribution in [0.5, 0.6) is 0 Å². The van der Waals surface area contributed by atoms with Gasteiger partial charge in [0.05, 0.1) is 12.2 Å². The second-order valence-corrected chi connectivity index (χ2v) is 8.39. The zero-order valence-electron chi connectivity index (χ0n) is 19.5. The highest BCUT2D eigenvalue weighted by atomic mass is 127. The van der Waals surface area contributed by atoms with Gasteiger partial charge in [-0.2, -0.15) is 5.10 Å². The molecule has 2 heterocycles. The van der Waals surface area contributed by atoms with Crippen LogP contribution in [-0.4, -0.2) is 48.6 Å². The molecule has 1 fully saturated rings. The van der Waals surface area contributed by atoms with Crippen LogP contribution in [0.1, 0.15) is 30.9 Å². The quantitative estimate of drug-likeness (QED) is 0.236. The first-order chi connectivity index (χ1) is 16.2. The van der Waals surface area contributed by atoms with Gasteiger partial charge in [-0.15, -0.1) is 24.0 Å². The molecular weight excluding hydrogens is 544 g/mol. The molecule has 0 atom stereocenters. The highest BCUT2D eigenvalue weighted by Crippen LogP contribution is 2.35. The summed E-state index contributed by atoms with van der Waals surface area (Å²) in [7, 11) is 0. The van der Waals surface area contributed by atoms with Crippen molar-refractivity contribution < 1.29 is 9.13 Å². The van der Waals surface area contributed by atoms with E-state index in [-0.39, 0.29) is 35.2 Å². The summed E-state index contributed by atoms with van der Waals surface area (Å²) in [5.74, 6) is 0.582. The number of nitrogens with one attached hydrogen (secondary N) is 2. The summed E-state index contributed by atoms with van der Waals surface area (Å²) in [6, 6.07) is 17.3. The SMILES string of the molecule is CCNC(=NCC1(c2cccc(F)c2)CCOCC1)NCCc1ccc(-n2cccn2)cc1.I. The number of rotatable bonds is 8. The maximum Gasteiger partial charge on any atom is 0.191 e. The maximum absolute atomic E-state index is 13.9. The average Bonchev–Trinajstić information content (AvgIpc) is 3.39. The molecule has 0 spiro atoms. The molecule has 182 valence electrons. The molecule has 1 saturated heterocycles. The molecular formula is C26H33FIN5O. The zero-order chi connectivity index (χ0) is 22.9. The van der Waals surface area contributed by atoms with Crippen LogP contribution in [0.2, 0.25) is 0 Å². The van der Waals surface area contributed by atoms with Crippen molar-refractivity contribution in [2.24, 2.45) is 4.99 Å². The Balaban J connectivity index is 0.00000324. The molecule has 0 aliphatic carbocycles. The van der Waals surface area contributed by atoms with E-state index in [4.69, 9.17) is 9.73 Å². The smallest absolute Gasteiger partial charge is 0.191 e. The monoisotopic (exact) mass is 577 g/mol. The minimum atomic E-state index is -0.203. The van der Waals surface area contributed by atoms with E-state index in [0.717, 1.165) is 49.6 Å². The Bertz CT molecular complexity index is 1030. The summed E-state index contributed by atoms with van der Waals surface area (Å²) in [6.45, 7) is 5.54. The van der Waals surface area contributed by atoms with E-state index in [1.807, 2.05) is 23.0 Å². The third-order valence-electron chi connectivity index (χ3n) is 6.18. The van der Waals surface area contributed by atoms with Crippen LogP contribution < -0.4 is 10.6 Å². The van der Waals surface area contributed by atoms with Gasteiger partial charge in [-0.1, -0.05) is 24.3 Å². The fourth-order valence-corrected chi connectivity index (χ4v) is 4.25. The molecule has 1 aliphatic heterocycles. The Morgan fingerprint density at radius 3 is 2.59 bits per heavy atom. The van der Waals surface area contributed by atoms with Crippen molar-refractivity contribution in [1.82, 2.24) is 20.4 Å². The lowest BCUT2D eigenvalue weighted by Crippen LogP contribution is -2.41. The third-order valence-corrected chi connectivity index (χ3v) is 6.18. The van der Waals surface area contributed by atoms with Gasteiger partial charge in [-0.05, 0) is 67.6 Å². The third kappa shape index (κ3) is 6.79. The molecule has 2 N–H and O–H groups in total. The molecule has 0 unspecified atom stereocenters. The van der Waals surface area contributed by atoms with Crippen LogP contribution in [0, 0.1) is 5.82 Å². The second kappa shape index (κ2) is 12.9. The molecule has 6 nitrogen and oxygen atoms in total. The first-order valence-corrected chi connectivity index (χ1v) is 11.6. The summed E-state index contributed by atoms with van der Waals surface area (Å²) in [4.78, 5) is 4.90. The number of hydrogen-bond donors (Lipinski definition) is 2. The van der Waals surface area contributed by atoms with Crippen LogP contribution in [0.3, 0.4) is 0 Å². The molecule has 0 bridgehead atoms. The topological polar surface area (TPSA) is 63.5 Å². The van der Waals surface area contributed by atoms with E-state index in [0.29, 0.717) is 19.8 Å². The van der Waals surface area contributed by atoms with Crippen molar-refractivity contribution in [3.63, 3.8) is 0 Å². The fraction of sp³-hybridized carbons (Fsp3) is 0.385. The van der Waals surface area contributed by atoms with Gasteiger partial charge in [-0.3, -0.25) is 4.99 Å². The van der Waals surface area contributed by atoms with Crippen molar-refractivity contribution in [3.05, 3.63) is 83.9 Å². The molecule has 1 aromatic heterocycles. The van der Waals surface area contributed by atoms with Gasteiger partial charge in [0.1, 0.15) is 5.82 Å². The van der Waals surface area contributed by atoms with Crippen LogP contribution in [0.4, 0.5) is 4.39 Å². The molecule has 3 aromatic rings. The molecule has 8 heteroatoms. The number of guanidine groups is 1. The van der Waals surface area contributed by atoms with E-state index in [2.05, 4.69) is 46.9 Å². The number of halogens is 2. The summed E-state index contributed by atoms with van der Waals surface area (Å²) in [5.41, 5.74) is 3.09. The van der Waals surface area contributed by atoms with Crippen molar-refractivity contribution in [1.29, 1.82) is 0 Å². The molecule has 0 amide bonds. The normalized spacial score (nSPS) is 15.4. The van der Waals surface area contributed by atoms with E-state index in [1.54, 1.807) is 18.3 Å². The fourth-order valence-electron chi connectivity index (χ4n) is 4.25. The minimum absolute atomic E-state index is 0. The number of hydrogen-bond acceptors (Lipinski definition) is 3. The Morgan fingerprint density at radius 2 is 1.91 bits per heavy atom. The zero-order valence-corrected chi connectivity index (χ0v) is 21.9. The standard InChI is InChI=1S/C26H32FN5O.HI/c1-2-28-25(29-15-11-21-7-9-24(10-8-21)32-16-4-14-31-32)30-20-26(12-17-33-18-13-26)22-5-3-6-23(27)19-22;/h3-10,14,16,19H,2,11-13,15,17-18,20H2,1H3,(H2,28,29,30);1H. The summed E-state index contributed by atoms with van der Waals surface area (Å²) < 4.78 is 21.4. The number of aromatic nitrogens is 2. The molecule has 2 aromatic carbocycles. The Kier molecular flexibility index (Phi) is 9.88. The lowest BCUT2D eigenvalue weighted by atomic mass is 9.74. The first kappa shape index (κ1) is 26.2. The summed E-state index contributed by atoms with van der Waals surface area (Å²) in [6.07, 6.45) is 6.26. The summed E-state index contributed by atoms with van der Waals surface area (Å²) >= 11 is 0. The molecule has 0 radical (unpaired) electrons. The number of aliphatic imine (C=N–C) groups is 1. The predicted molar refractivity (Wildman–Crippen MR) is 145 cm³/mol. The van der Waals surface area contributed by atoms with Crippen LogP contribution >= 0.6 is 24.0 Å². The first-order valence-electron chi connectivity index (χ1n) is 11.6. The highest BCUT2D eigenvalue weighted by molar-refractivity contribution is 14.0. The van der Waals surface area contributed by atoms with Gasteiger partial charge in [0, 0.05) is 44.1 Å². The lowest BCUT2D eigenvalue weighted by Gasteiger charge is -2.36. The number of benzene rings is 2. The van der Waals surface area contributed by atoms with Gasteiger partial charge in [0.15, 0.2) is 5.96 Å². The van der Waals surface area contributed by atoms with Crippen molar-refractivity contribution >= 4 is 29.9 Å². The average molecular weight is 577 g/mol. The van der Waals surface area contributed by atoms with E-state index >= 15 is 0 Å². The Morgan fingerprint density at radius 1 is 1.12 bits per heavy atom. The van der Waals surface area contributed by atoms with Gasteiger partial charge in [0.2, 0.25) is 0 Å². The van der Waals surface area contributed by atoms with E-state index in [9.17, 15) is 4.39 Å². The number of ether oxygens (including phenoxy) is 1. The summed E-state index contributed by atoms with van der Waals surface area (Å²) in [5, 5.41) is 11.0. The van der Waals surface area contributed by atoms with Crippen molar-refractivity contribution in [2.75, 3.05) is 32.8 Å². The van der Waals surface area contributed by atoms with Crippen molar-refractivity contribution in [3.8, 4) is 5.69 Å². The molecule has 34 heavy (non-hydrogen) atoms. The van der Waals surface area contributed by atoms with Crippen LogP contribution in [0.25, 0.3) is 5.69 Å². The number of nitrogens with zero attached hydrogens (tertiary/aromatic N) is 3. The second-order valence-electron chi connectivity index (χ2n) is 8.39. The largest absolute Gasteiger partial charge is 0.381 e. The van der Waals surface area contributed by atoms with Crippen molar-refractivity contribution in [2.45, 2.75) is 31.6 Å². The van der Waals surface area contributed by atoms with Gasteiger partial charge >= 0.3 is 0 Å². The maximum atomic E-state index is 13.9. The molecule has 0 saturated carbocycles. The van der Waals surface area contributed by atoms with E-state index < -0.39 is 0 Å². The minimum Gasteiger partial charge on any atom is -0.381 e. The Labute approximate surface area is 218 Å². The molecule has 4 rings (SSSR count). The lowest BCUT2D eigenvalue weighted by molar-refractivity contribution is 0.0530. The van der Waals surface area contributed by atoms with Gasteiger partial charge in [0.25, 0.3) is 0 Å². The predicted octanol–water partition coefficient (Wildman–Crippen LogP) is 4.48. The van der Waals surface area contributed by atoms with E-state index in [1.165, 1.54) is 11.6 Å². The van der Waals surface area contributed by atoms with Crippen LogP contribution in [0.15, 0.2) is 72.0 Å². The Hall–Kier alpha value is -2.46. The highest BCUT2D eigenvalue weighted by Gasteiger charge is 2.34.